The second-order valence-electron chi connectivity index (χ2n) is 4.59. The predicted molar refractivity (Wildman–Crippen MR) is 69.2 cm³/mol. The maximum absolute atomic E-state index is 11.4. The normalized spacial score (nSPS) is 21.6. The van der Waals surface area contributed by atoms with E-state index in [1.165, 1.54) is 5.56 Å². The molecule has 2 unspecified atom stereocenters. The molecule has 1 aliphatic carbocycles. The molecule has 0 saturated heterocycles. The maximum atomic E-state index is 11.4. The predicted octanol–water partition coefficient (Wildman–Crippen LogP) is 2.59. The molecule has 0 heterocycles. The first-order valence-electron chi connectivity index (χ1n) is 6.63. The average Bonchev–Trinajstić information content (AvgIpc) is 3.16. The molecule has 1 aromatic rings. The molecule has 1 fully saturated rings. The van der Waals surface area contributed by atoms with Gasteiger partial charge in [0, 0.05) is 6.61 Å². The summed E-state index contributed by atoms with van der Waals surface area (Å²) in [4.78, 5) is 11.4. The fourth-order valence-corrected chi connectivity index (χ4v) is 2.01. The van der Waals surface area contributed by atoms with E-state index in [2.05, 4.69) is 12.1 Å². The molecule has 0 amide bonds. The van der Waals surface area contributed by atoms with Crippen molar-refractivity contribution in [2.75, 3.05) is 13.2 Å². The summed E-state index contributed by atoms with van der Waals surface area (Å²) in [6, 6.07) is 10.4. The van der Waals surface area contributed by atoms with Gasteiger partial charge in [0.15, 0.2) is 0 Å². The number of hydrogen-bond acceptors (Lipinski definition) is 3. The maximum Gasteiger partial charge on any atom is 0.311 e. The Morgan fingerprint density at radius 3 is 2.83 bits per heavy atom. The van der Waals surface area contributed by atoms with Gasteiger partial charge in [0.05, 0.1) is 18.6 Å². The van der Waals surface area contributed by atoms with E-state index in [1.54, 1.807) is 0 Å². The largest absolute Gasteiger partial charge is 0.466 e. The van der Waals surface area contributed by atoms with Crippen molar-refractivity contribution in [3.05, 3.63) is 35.9 Å². The van der Waals surface area contributed by atoms with E-state index < -0.39 is 0 Å². The van der Waals surface area contributed by atoms with Crippen LogP contribution in [-0.4, -0.2) is 25.3 Å². The highest BCUT2D eigenvalue weighted by molar-refractivity contribution is 5.76. The van der Waals surface area contributed by atoms with Crippen LogP contribution in [0.1, 0.15) is 25.3 Å². The van der Waals surface area contributed by atoms with E-state index in [-0.39, 0.29) is 18.0 Å². The Balaban J connectivity index is 1.56. The summed E-state index contributed by atoms with van der Waals surface area (Å²) in [5.74, 6) is -0.118. The zero-order chi connectivity index (χ0) is 12.8. The van der Waals surface area contributed by atoms with E-state index in [1.807, 2.05) is 25.1 Å². The summed E-state index contributed by atoms with van der Waals surface area (Å²) >= 11 is 0. The van der Waals surface area contributed by atoms with Gasteiger partial charge in [-0.3, -0.25) is 4.79 Å². The lowest BCUT2D eigenvalue weighted by Crippen LogP contribution is -2.11. The third-order valence-corrected chi connectivity index (χ3v) is 3.11. The number of carbonyl (C=O) groups is 1. The highest BCUT2D eigenvalue weighted by atomic mass is 16.5. The van der Waals surface area contributed by atoms with Crippen molar-refractivity contribution in [3.8, 4) is 0 Å². The number of rotatable bonds is 7. The highest BCUT2D eigenvalue weighted by Crippen LogP contribution is 2.34. The molecule has 0 aliphatic heterocycles. The van der Waals surface area contributed by atoms with Crippen LogP contribution in [0.5, 0.6) is 0 Å². The van der Waals surface area contributed by atoms with Gasteiger partial charge in [0.2, 0.25) is 0 Å². The van der Waals surface area contributed by atoms with Crippen molar-refractivity contribution in [1.29, 1.82) is 0 Å². The number of carbonyl (C=O) groups excluding carboxylic acids is 1. The molecule has 0 aromatic heterocycles. The van der Waals surface area contributed by atoms with E-state index in [0.717, 1.165) is 25.9 Å². The van der Waals surface area contributed by atoms with Crippen LogP contribution >= 0.6 is 0 Å². The number of hydrogen-bond donors (Lipinski definition) is 0. The van der Waals surface area contributed by atoms with Gasteiger partial charge in [-0.25, -0.2) is 0 Å². The summed E-state index contributed by atoms with van der Waals surface area (Å²) in [7, 11) is 0. The van der Waals surface area contributed by atoms with Gasteiger partial charge in [-0.15, -0.1) is 0 Å². The van der Waals surface area contributed by atoms with E-state index in [4.69, 9.17) is 9.47 Å². The third kappa shape index (κ3) is 3.84. The molecule has 1 aliphatic rings. The van der Waals surface area contributed by atoms with Gasteiger partial charge in [0.1, 0.15) is 0 Å². The molecule has 0 bridgehead atoms. The fourth-order valence-electron chi connectivity index (χ4n) is 2.01. The molecule has 18 heavy (non-hydrogen) atoms. The van der Waals surface area contributed by atoms with Crippen molar-refractivity contribution in [1.82, 2.24) is 0 Å². The molecule has 0 radical (unpaired) electrons. The van der Waals surface area contributed by atoms with Crippen LogP contribution in [0.15, 0.2) is 30.3 Å². The van der Waals surface area contributed by atoms with E-state index in [0.29, 0.717) is 6.61 Å². The zero-order valence-corrected chi connectivity index (χ0v) is 10.8. The van der Waals surface area contributed by atoms with Gasteiger partial charge in [-0.05, 0) is 31.7 Å². The van der Waals surface area contributed by atoms with Crippen molar-refractivity contribution < 1.29 is 14.3 Å². The van der Waals surface area contributed by atoms with Crippen LogP contribution < -0.4 is 0 Å². The minimum atomic E-state index is -0.106. The monoisotopic (exact) mass is 248 g/mol. The molecule has 2 rings (SSSR count). The first-order chi connectivity index (χ1) is 8.81. The van der Waals surface area contributed by atoms with Crippen LogP contribution in [-0.2, 0) is 20.7 Å². The Labute approximate surface area is 108 Å². The van der Waals surface area contributed by atoms with Crippen molar-refractivity contribution in [3.63, 3.8) is 0 Å². The first kappa shape index (κ1) is 13.1. The van der Waals surface area contributed by atoms with Crippen molar-refractivity contribution in [2.24, 2.45) is 5.92 Å². The average molecular weight is 248 g/mol. The lowest BCUT2D eigenvalue weighted by Gasteiger charge is -2.04. The molecule has 0 spiro atoms. The minimum absolute atomic E-state index is 0.0123. The number of benzene rings is 1. The Hall–Kier alpha value is -1.35. The molecular formula is C15H20O3. The summed E-state index contributed by atoms with van der Waals surface area (Å²) < 4.78 is 10.6. The van der Waals surface area contributed by atoms with Crippen LogP contribution in [0.25, 0.3) is 0 Å². The molecule has 3 nitrogen and oxygen atoms in total. The number of aryl methyl sites for hydroxylation is 1. The highest BCUT2D eigenvalue weighted by Gasteiger charge is 2.45. The number of esters is 1. The van der Waals surface area contributed by atoms with Crippen molar-refractivity contribution >= 4 is 5.97 Å². The Bertz CT molecular complexity index is 375. The smallest absolute Gasteiger partial charge is 0.311 e. The number of ether oxygens (including phenoxy) is 2. The van der Waals surface area contributed by atoms with Gasteiger partial charge in [0.25, 0.3) is 0 Å². The summed E-state index contributed by atoms with van der Waals surface area (Å²) in [6.07, 6.45) is 2.94. The fraction of sp³-hybridized carbons (Fsp3) is 0.533. The molecule has 3 heteroatoms. The second-order valence-corrected chi connectivity index (χ2v) is 4.59. The lowest BCUT2D eigenvalue weighted by atomic mass is 10.1. The molecule has 2 atom stereocenters. The Kier molecular flexibility index (Phi) is 4.76. The topological polar surface area (TPSA) is 35.5 Å². The lowest BCUT2D eigenvalue weighted by molar-refractivity contribution is -0.145. The summed E-state index contributed by atoms with van der Waals surface area (Å²) in [5, 5.41) is 0. The SMILES string of the molecule is CCOC(=O)C1CC1OCCCc1ccccc1. The summed E-state index contributed by atoms with van der Waals surface area (Å²) in [6.45, 7) is 3.00. The minimum Gasteiger partial charge on any atom is -0.466 e. The van der Waals surface area contributed by atoms with Crippen LogP contribution in [0, 0.1) is 5.92 Å². The van der Waals surface area contributed by atoms with E-state index >= 15 is 0 Å². The van der Waals surface area contributed by atoms with Gasteiger partial charge >= 0.3 is 5.97 Å². The van der Waals surface area contributed by atoms with Crippen LogP contribution in [0.2, 0.25) is 0 Å². The van der Waals surface area contributed by atoms with Gasteiger partial charge in [-0.2, -0.15) is 0 Å². The van der Waals surface area contributed by atoms with Gasteiger partial charge in [-0.1, -0.05) is 30.3 Å². The van der Waals surface area contributed by atoms with E-state index in [9.17, 15) is 4.79 Å². The second kappa shape index (κ2) is 6.55. The first-order valence-corrected chi connectivity index (χ1v) is 6.63. The van der Waals surface area contributed by atoms with Crippen LogP contribution in [0.4, 0.5) is 0 Å². The standard InChI is InChI=1S/C15H20O3/c1-2-17-15(16)13-11-14(13)18-10-6-9-12-7-4-3-5-8-12/h3-5,7-8,13-14H,2,6,9-11H2,1H3. The summed E-state index contributed by atoms with van der Waals surface area (Å²) in [5.41, 5.74) is 1.33. The molecule has 1 saturated carbocycles. The zero-order valence-electron chi connectivity index (χ0n) is 10.8. The Morgan fingerprint density at radius 1 is 1.33 bits per heavy atom. The van der Waals surface area contributed by atoms with Crippen LogP contribution in [0.3, 0.4) is 0 Å². The Morgan fingerprint density at radius 2 is 2.11 bits per heavy atom. The molecule has 1 aromatic carbocycles. The quantitative estimate of drug-likeness (QED) is 0.549. The molecule has 98 valence electrons. The van der Waals surface area contributed by atoms with Crippen molar-refractivity contribution in [2.45, 2.75) is 32.3 Å². The third-order valence-electron chi connectivity index (χ3n) is 3.11. The molecule has 0 N–H and O–H groups in total. The van der Waals surface area contributed by atoms with Gasteiger partial charge < -0.3 is 9.47 Å². The molecular weight excluding hydrogens is 228 g/mol.